The number of nitrogens with zero attached hydrogens (tertiary/aromatic N) is 2. The second kappa shape index (κ2) is 5.49. The van der Waals surface area contributed by atoms with Crippen molar-refractivity contribution < 1.29 is 14.2 Å². The van der Waals surface area contributed by atoms with Crippen LogP contribution in [-0.2, 0) is 0 Å². The Morgan fingerprint density at radius 3 is 2.62 bits per heavy atom. The van der Waals surface area contributed by atoms with E-state index in [-0.39, 0.29) is 5.75 Å². The second-order valence-electron chi connectivity index (χ2n) is 4.30. The van der Waals surface area contributed by atoms with E-state index in [2.05, 4.69) is 9.36 Å². The van der Waals surface area contributed by atoms with Gasteiger partial charge in [-0.3, -0.25) is 0 Å². The molecule has 1 N–H and O–H groups in total. The van der Waals surface area contributed by atoms with Crippen molar-refractivity contribution >= 4 is 11.5 Å². The molecule has 0 unspecified atom stereocenters. The van der Waals surface area contributed by atoms with Crippen LogP contribution in [-0.4, -0.2) is 21.6 Å². The summed E-state index contributed by atoms with van der Waals surface area (Å²) in [7, 11) is 1.37. The zero-order valence-electron chi connectivity index (χ0n) is 11.1. The van der Waals surface area contributed by atoms with Crippen molar-refractivity contribution in [2.24, 2.45) is 0 Å². The fraction of sp³-hybridized carbons (Fsp3) is 0.0667. The van der Waals surface area contributed by atoms with E-state index in [1.807, 2.05) is 30.3 Å². The number of rotatable bonds is 3. The van der Waals surface area contributed by atoms with E-state index in [1.54, 1.807) is 0 Å². The maximum absolute atomic E-state index is 13.7. The van der Waals surface area contributed by atoms with E-state index in [0.717, 1.165) is 5.56 Å². The highest BCUT2D eigenvalue weighted by atomic mass is 32.1. The van der Waals surface area contributed by atoms with Gasteiger partial charge in [0.1, 0.15) is 5.01 Å². The Bertz CT molecular complexity index is 775. The van der Waals surface area contributed by atoms with Gasteiger partial charge in [-0.25, -0.2) is 9.37 Å². The number of hydrogen-bond acceptors (Lipinski definition) is 5. The summed E-state index contributed by atoms with van der Waals surface area (Å²) in [6.07, 6.45) is 0. The molecule has 4 nitrogen and oxygen atoms in total. The van der Waals surface area contributed by atoms with Crippen LogP contribution >= 0.6 is 11.5 Å². The van der Waals surface area contributed by atoms with Gasteiger partial charge in [-0.1, -0.05) is 30.3 Å². The number of halogens is 1. The first kappa shape index (κ1) is 13.5. The van der Waals surface area contributed by atoms with E-state index in [0.29, 0.717) is 16.4 Å². The molecule has 3 rings (SSSR count). The standard InChI is InChI=1S/C15H11FN2O2S/c1-20-12-8-10(7-11(16)13(12)19)15-17-14(18-21-15)9-5-3-2-4-6-9/h2-8,19H,1H3. The molecule has 2 aromatic carbocycles. The number of hydrogen-bond donors (Lipinski definition) is 1. The molecular weight excluding hydrogens is 291 g/mol. The van der Waals surface area contributed by atoms with E-state index in [9.17, 15) is 9.50 Å². The summed E-state index contributed by atoms with van der Waals surface area (Å²) in [6, 6.07) is 12.3. The van der Waals surface area contributed by atoms with Gasteiger partial charge in [-0.2, -0.15) is 4.37 Å². The third-order valence-electron chi connectivity index (χ3n) is 2.95. The highest BCUT2D eigenvalue weighted by molar-refractivity contribution is 7.09. The van der Waals surface area contributed by atoms with E-state index in [4.69, 9.17) is 4.74 Å². The Balaban J connectivity index is 2.03. The maximum atomic E-state index is 13.7. The van der Waals surface area contributed by atoms with Gasteiger partial charge in [-0.05, 0) is 23.7 Å². The quantitative estimate of drug-likeness (QED) is 0.801. The molecule has 0 fully saturated rings. The average molecular weight is 302 g/mol. The van der Waals surface area contributed by atoms with Crippen LogP contribution in [0.3, 0.4) is 0 Å². The van der Waals surface area contributed by atoms with Crippen molar-refractivity contribution in [3.05, 3.63) is 48.3 Å². The summed E-state index contributed by atoms with van der Waals surface area (Å²) in [4.78, 5) is 4.40. The lowest BCUT2D eigenvalue weighted by Crippen LogP contribution is -1.89. The molecule has 0 bridgehead atoms. The molecule has 0 aliphatic carbocycles. The van der Waals surface area contributed by atoms with Crippen molar-refractivity contribution in [1.29, 1.82) is 0 Å². The predicted octanol–water partition coefficient (Wildman–Crippen LogP) is 3.73. The van der Waals surface area contributed by atoms with Crippen molar-refractivity contribution in [2.45, 2.75) is 0 Å². The van der Waals surface area contributed by atoms with Crippen LogP contribution in [0.25, 0.3) is 22.0 Å². The third-order valence-corrected chi connectivity index (χ3v) is 3.72. The first-order chi connectivity index (χ1) is 10.2. The Morgan fingerprint density at radius 1 is 1.14 bits per heavy atom. The monoisotopic (exact) mass is 302 g/mol. The van der Waals surface area contributed by atoms with Crippen LogP contribution in [0.5, 0.6) is 11.5 Å². The highest BCUT2D eigenvalue weighted by Crippen LogP contribution is 2.35. The van der Waals surface area contributed by atoms with Crippen LogP contribution < -0.4 is 4.74 Å². The van der Waals surface area contributed by atoms with Crippen LogP contribution in [0.15, 0.2) is 42.5 Å². The molecule has 106 valence electrons. The normalized spacial score (nSPS) is 10.6. The zero-order valence-corrected chi connectivity index (χ0v) is 11.9. The topological polar surface area (TPSA) is 55.2 Å². The van der Waals surface area contributed by atoms with Gasteiger partial charge in [0.25, 0.3) is 0 Å². The lowest BCUT2D eigenvalue weighted by molar-refractivity contribution is 0.357. The van der Waals surface area contributed by atoms with Crippen molar-refractivity contribution in [2.75, 3.05) is 7.11 Å². The molecule has 0 amide bonds. The number of aromatic hydroxyl groups is 1. The number of phenolic OH excluding ortho intramolecular Hbond substituents is 1. The molecule has 0 aliphatic heterocycles. The van der Waals surface area contributed by atoms with Crippen LogP contribution in [0.4, 0.5) is 4.39 Å². The summed E-state index contributed by atoms with van der Waals surface area (Å²) < 4.78 is 22.9. The average Bonchev–Trinajstić information content (AvgIpc) is 3.00. The molecule has 0 saturated heterocycles. The summed E-state index contributed by atoms with van der Waals surface area (Å²) in [5.74, 6) is -0.598. The fourth-order valence-electron chi connectivity index (χ4n) is 1.90. The van der Waals surface area contributed by atoms with Crippen LogP contribution in [0.2, 0.25) is 0 Å². The van der Waals surface area contributed by atoms with Gasteiger partial charge in [-0.15, -0.1) is 0 Å². The molecule has 0 radical (unpaired) electrons. The molecular formula is C15H11FN2O2S. The summed E-state index contributed by atoms with van der Waals surface area (Å²) in [5, 5.41) is 10.1. The number of phenols is 1. The van der Waals surface area contributed by atoms with Gasteiger partial charge in [0, 0.05) is 11.1 Å². The SMILES string of the molecule is COc1cc(-c2nc(-c3ccccc3)ns2)cc(F)c1O. The largest absolute Gasteiger partial charge is 0.502 e. The number of methoxy groups -OCH3 is 1. The number of benzene rings is 2. The minimum absolute atomic E-state index is 0.0708. The number of aromatic nitrogens is 2. The van der Waals surface area contributed by atoms with Gasteiger partial charge in [0.05, 0.1) is 7.11 Å². The van der Waals surface area contributed by atoms with Gasteiger partial charge in [0.15, 0.2) is 23.1 Å². The second-order valence-corrected chi connectivity index (χ2v) is 5.05. The summed E-state index contributed by atoms with van der Waals surface area (Å²) >= 11 is 1.17. The molecule has 1 heterocycles. The third kappa shape index (κ3) is 2.57. The van der Waals surface area contributed by atoms with Gasteiger partial charge in [0.2, 0.25) is 0 Å². The molecule has 0 atom stereocenters. The van der Waals surface area contributed by atoms with E-state index < -0.39 is 11.6 Å². The molecule has 21 heavy (non-hydrogen) atoms. The lowest BCUT2D eigenvalue weighted by Gasteiger charge is -2.05. The first-order valence-corrected chi connectivity index (χ1v) is 6.92. The summed E-state index contributed by atoms with van der Waals surface area (Å²) in [5.41, 5.74) is 1.41. The highest BCUT2D eigenvalue weighted by Gasteiger charge is 2.15. The zero-order chi connectivity index (χ0) is 14.8. The minimum Gasteiger partial charge on any atom is -0.502 e. The van der Waals surface area contributed by atoms with Crippen molar-refractivity contribution in [3.8, 4) is 33.5 Å². The smallest absolute Gasteiger partial charge is 0.194 e. The molecule has 0 saturated carbocycles. The number of ether oxygens (including phenoxy) is 1. The van der Waals surface area contributed by atoms with Gasteiger partial charge >= 0.3 is 0 Å². The molecule has 0 spiro atoms. The first-order valence-electron chi connectivity index (χ1n) is 6.15. The Kier molecular flexibility index (Phi) is 3.53. The molecule has 0 aliphatic rings. The molecule has 3 aromatic rings. The lowest BCUT2D eigenvalue weighted by atomic mass is 10.2. The van der Waals surface area contributed by atoms with Crippen LogP contribution in [0.1, 0.15) is 0 Å². The Labute approximate surface area is 124 Å². The van der Waals surface area contributed by atoms with Crippen LogP contribution in [0, 0.1) is 5.82 Å². The fourth-order valence-corrected chi connectivity index (χ4v) is 2.57. The maximum Gasteiger partial charge on any atom is 0.194 e. The molecule has 6 heteroatoms. The van der Waals surface area contributed by atoms with E-state index >= 15 is 0 Å². The Morgan fingerprint density at radius 2 is 1.90 bits per heavy atom. The van der Waals surface area contributed by atoms with Crippen molar-refractivity contribution in [1.82, 2.24) is 9.36 Å². The van der Waals surface area contributed by atoms with Gasteiger partial charge < -0.3 is 9.84 Å². The predicted molar refractivity (Wildman–Crippen MR) is 79.0 cm³/mol. The molecule has 1 aromatic heterocycles. The Hall–Kier alpha value is -2.47. The minimum atomic E-state index is -0.749. The van der Waals surface area contributed by atoms with Crippen molar-refractivity contribution in [3.63, 3.8) is 0 Å². The van der Waals surface area contributed by atoms with E-state index in [1.165, 1.54) is 30.8 Å². The summed E-state index contributed by atoms with van der Waals surface area (Å²) in [6.45, 7) is 0.